The van der Waals surface area contributed by atoms with E-state index in [0.29, 0.717) is 17.1 Å². The Morgan fingerprint density at radius 2 is 1.47 bits per heavy atom. The predicted molar refractivity (Wildman–Crippen MR) is 133 cm³/mol. The molecule has 3 aromatic rings. The van der Waals surface area contributed by atoms with Gasteiger partial charge in [-0.3, -0.25) is 4.79 Å². The van der Waals surface area contributed by atoms with Crippen LogP contribution in [0.2, 0.25) is 10.0 Å². The number of nitrogens with zero attached hydrogens (tertiary/aromatic N) is 1. The van der Waals surface area contributed by atoms with Crippen LogP contribution in [0.25, 0.3) is 0 Å². The van der Waals surface area contributed by atoms with Crippen LogP contribution in [-0.4, -0.2) is 37.0 Å². The van der Waals surface area contributed by atoms with Crippen LogP contribution in [0.1, 0.15) is 34.3 Å². The van der Waals surface area contributed by atoms with Crippen LogP contribution in [0.3, 0.4) is 0 Å². The molecule has 0 spiro atoms. The number of amides is 1. The number of likely N-dealkylation sites (tertiary alicyclic amines) is 1. The van der Waals surface area contributed by atoms with E-state index in [9.17, 15) is 4.79 Å². The van der Waals surface area contributed by atoms with Gasteiger partial charge >= 0.3 is 0 Å². The SMILES string of the molecule is O=C(NCC1(c2ccccc2)CCN(CCc2ccccc2Cl)CC1)c1ccccc1Cl. The highest BCUT2D eigenvalue weighted by molar-refractivity contribution is 6.33. The van der Waals surface area contributed by atoms with E-state index in [1.54, 1.807) is 12.1 Å². The number of carbonyl (C=O) groups is 1. The largest absolute Gasteiger partial charge is 0.351 e. The Bertz CT molecular complexity index is 1050. The molecule has 32 heavy (non-hydrogen) atoms. The molecule has 166 valence electrons. The normalized spacial score (nSPS) is 15.9. The van der Waals surface area contributed by atoms with Gasteiger partial charge in [0.25, 0.3) is 5.91 Å². The summed E-state index contributed by atoms with van der Waals surface area (Å²) in [4.78, 5) is 15.3. The molecule has 1 amide bonds. The first kappa shape index (κ1) is 22.8. The van der Waals surface area contributed by atoms with Gasteiger partial charge in [-0.1, -0.05) is 83.9 Å². The third-order valence-corrected chi connectivity index (χ3v) is 7.26. The molecular weight excluding hydrogens is 439 g/mol. The van der Waals surface area contributed by atoms with Gasteiger partial charge in [-0.15, -0.1) is 0 Å². The molecule has 1 saturated heterocycles. The van der Waals surface area contributed by atoms with E-state index in [-0.39, 0.29) is 11.3 Å². The first-order valence-corrected chi connectivity index (χ1v) is 11.9. The molecular formula is C27H28Cl2N2O. The van der Waals surface area contributed by atoms with Crippen molar-refractivity contribution < 1.29 is 4.79 Å². The summed E-state index contributed by atoms with van der Waals surface area (Å²) in [5, 5.41) is 4.49. The summed E-state index contributed by atoms with van der Waals surface area (Å²) >= 11 is 12.6. The van der Waals surface area contributed by atoms with E-state index < -0.39 is 0 Å². The molecule has 1 N–H and O–H groups in total. The average molecular weight is 467 g/mol. The predicted octanol–water partition coefficient (Wildman–Crippen LogP) is 6.00. The second-order valence-electron chi connectivity index (χ2n) is 8.49. The summed E-state index contributed by atoms with van der Waals surface area (Å²) in [5.74, 6) is -0.118. The maximum atomic E-state index is 12.8. The van der Waals surface area contributed by atoms with Crippen LogP contribution in [0.5, 0.6) is 0 Å². The Morgan fingerprint density at radius 1 is 0.844 bits per heavy atom. The minimum atomic E-state index is -0.118. The van der Waals surface area contributed by atoms with Crippen molar-refractivity contribution in [3.63, 3.8) is 0 Å². The van der Waals surface area contributed by atoms with Gasteiger partial charge in [-0.05, 0) is 61.7 Å². The number of benzene rings is 3. The number of hydrogen-bond donors (Lipinski definition) is 1. The van der Waals surface area contributed by atoms with E-state index in [0.717, 1.165) is 43.9 Å². The lowest BCUT2D eigenvalue weighted by Crippen LogP contribution is -2.49. The van der Waals surface area contributed by atoms with Gasteiger partial charge in [0.15, 0.2) is 0 Å². The number of rotatable bonds is 7. The molecule has 0 aromatic heterocycles. The van der Waals surface area contributed by atoms with Crippen LogP contribution in [0, 0.1) is 0 Å². The summed E-state index contributed by atoms with van der Waals surface area (Å²) in [7, 11) is 0. The highest BCUT2D eigenvalue weighted by atomic mass is 35.5. The second-order valence-corrected chi connectivity index (χ2v) is 9.31. The monoisotopic (exact) mass is 466 g/mol. The van der Waals surface area contributed by atoms with Crippen LogP contribution >= 0.6 is 23.2 Å². The fourth-order valence-electron chi connectivity index (χ4n) is 4.53. The van der Waals surface area contributed by atoms with Crippen LogP contribution in [0.4, 0.5) is 0 Å². The lowest BCUT2D eigenvalue weighted by Gasteiger charge is -2.42. The molecule has 0 aliphatic carbocycles. The molecule has 3 aromatic carbocycles. The lowest BCUT2D eigenvalue weighted by atomic mass is 9.72. The molecule has 0 unspecified atom stereocenters. The average Bonchev–Trinajstić information content (AvgIpc) is 2.84. The Balaban J connectivity index is 1.42. The third-order valence-electron chi connectivity index (χ3n) is 6.56. The minimum absolute atomic E-state index is 0.0843. The molecule has 3 nitrogen and oxygen atoms in total. The van der Waals surface area contributed by atoms with Gasteiger partial charge in [0.2, 0.25) is 0 Å². The highest BCUT2D eigenvalue weighted by Gasteiger charge is 2.36. The molecule has 0 radical (unpaired) electrons. The fourth-order valence-corrected chi connectivity index (χ4v) is 4.99. The summed E-state index contributed by atoms with van der Waals surface area (Å²) in [6.07, 6.45) is 2.92. The van der Waals surface area contributed by atoms with Crippen LogP contribution in [0.15, 0.2) is 78.9 Å². The molecule has 4 rings (SSSR count). The Kier molecular flexibility index (Phi) is 7.51. The molecule has 0 saturated carbocycles. The van der Waals surface area contributed by atoms with E-state index in [4.69, 9.17) is 23.2 Å². The van der Waals surface area contributed by atoms with Gasteiger partial charge in [-0.25, -0.2) is 0 Å². The number of nitrogens with one attached hydrogen (secondary N) is 1. The molecule has 1 fully saturated rings. The Labute approximate surface area is 200 Å². The van der Waals surface area contributed by atoms with Crippen molar-refractivity contribution >= 4 is 29.1 Å². The molecule has 1 heterocycles. The van der Waals surface area contributed by atoms with Crippen molar-refractivity contribution in [1.82, 2.24) is 10.2 Å². The van der Waals surface area contributed by atoms with Crippen molar-refractivity contribution in [3.05, 3.63) is 106 Å². The molecule has 1 aliphatic heterocycles. The Morgan fingerprint density at radius 3 is 2.16 bits per heavy atom. The van der Waals surface area contributed by atoms with Crippen molar-refractivity contribution in [2.45, 2.75) is 24.7 Å². The van der Waals surface area contributed by atoms with E-state index in [2.05, 4.69) is 40.5 Å². The summed E-state index contributed by atoms with van der Waals surface area (Å²) in [5.41, 5.74) is 2.92. The highest BCUT2D eigenvalue weighted by Crippen LogP contribution is 2.35. The summed E-state index contributed by atoms with van der Waals surface area (Å²) in [6.45, 7) is 3.56. The van der Waals surface area contributed by atoms with E-state index in [1.165, 1.54) is 11.1 Å². The standard InChI is InChI=1S/C27H28Cl2N2O/c28-24-12-6-4-8-21(24)14-17-31-18-15-27(16-19-31,22-9-2-1-3-10-22)20-30-26(32)23-11-5-7-13-25(23)29/h1-13H,14-20H2,(H,30,32). The van der Waals surface area contributed by atoms with Gasteiger partial charge in [-0.2, -0.15) is 0 Å². The van der Waals surface area contributed by atoms with Crippen LogP contribution in [-0.2, 0) is 11.8 Å². The fraction of sp³-hybridized carbons (Fsp3) is 0.296. The van der Waals surface area contributed by atoms with Crippen molar-refractivity contribution in [3.8, 4) is 0 Å². The van der Waals surface area contributed by atoms with E-state index >= 15 is 0 Å². The minimum Gasteiger partial charge on any atom is -0.351 e. The van der Waals surface area contributed by atoms with Crippen LogP contribution < -0.4 is 5.32 Å². The molecule has 0 atom stereocenters. The molecule has 1 aliphatic rings. The van der Waals surface area contributed by atoms with Gasteiger partial charge in [0.05, 0.1) is 10.6 Å². The van der Waals surface area contributed by atoms with Crippen molar-refractivity contribution in [2.24, 2.45) is 0 Å². The Hall–Kier alpha value is -2.33. The first-order valence-electron chi connectivity index (χ1n) is 11.1. The van der Waals surface area contributed by atoms with E-state index in [1.807, 2.05) is 36.4 Å². The number of hydrogen-bond acceptors (Lipinski definition) is 2. The zero-order chi connectivity index (χ0) is 22.4. The number of carbonyl (C=O) groups excluding carboxylic acids is 1. The van der Waals surface area contributed by atoms with Crippen molar-refractivity contribution in [2.75, 3.05) is 26.2 Å². The smallest absolute Gasteiger partial charge is 0.252 e. The number of piperidine rings is 1. The van der Waals surface area contributed by atoms with Gasteiger partial charge in [0.1, 0.15) is 0 Å². The van der Waals surface area contributed by atoms with Gasteiger partial charge < -0.3 is 10.2 Å². The maximum absolute atomic E-state index is 12.8. The number of halogens is 2. The molecule has 5 heteroatoms. The quantitative estimate of drug-likeness (QED) is 0.462. The summed E-state index contributed by atoms with van der Waals surface area (Å²) in [6, 6.07) is 25.8. The maximum Gasteiger partial charge on any atom is 0.252 e. The molecule has 0 bridgehead atoms. The summed E-state index contributed by atoms with van der Waals surface area (Å²) < 4.78 is 0. The third kappa shape index (κ3) is 5.35. The second kappa shape index (κ2) is 10.5. The van der Waals surface area contributed by atoms with Gasteiger partial charge in [0, 0.05) is 23.5 Å². The van der Waals surface area contributed by atoms with Crippen molar-refractivity contribution in [1.29, 1.82) is 0 Å². The zero-order valence-electron chi connectivity index (χ0n) is 18.1. The lowest BCUT2D eigenvalue weighted by molar-refractivity contribution is 0.0922. The first-order chi connectivity index (χ1) is 15.6. The zero-order valence-corrected chi connectivity index (χ0v) is 19.6. The topological polar surface area (TPSA) is 32.3 Å².